The van der Waals surface area contributed by atoms with E-state index in [1.165, 1.54) is 5.57 Å². The summed E-state index contributed by atoms with van der Waals surface area (Å²) in [6, 6.07) is 0. The number of carboxylic acids is 1. The first kappa shape index (κ1) is 26.4. The third-order valence-corrected chi connectivity index (χ3v) is 13.0. The van der Waals surface area contributed by atoms with E-state index >= 15 is 0 Å². The van der Waals surface area contributed by atoms with Crippen molar-refractivity contribution >= 4 is 12.3 Å². The molecular formula is C30H46O6. The van der Waals surface area contributed by atoms with Crippen molar-refractivity contribution in [3.8, 4) is 0 Å². The first-order valence-electron chi connectivity index (χ1n) is 14.0. The number of fused-ring (bicyclic) bond motifs is 7. The second-order valence-corrected chi connectivity index (χ2v) is 15.0. The molecule has 0 aliphatic heterocycles. The zero-order valence-electron chi connectivity index (χ0n) is 22.9. The predicted molar refractivity (Wildman–Crippen MR) is 136 cm³/mol. The number of hydrogen-bond acceptors (Lipinski definition) is 5. The van der Waals surface area contributed by atoms with E-state index in [-0.39, 0.29) is 39.4 Å². The monoisotopic (exact) mass is 502 g/mol. The molecule has 5 rings (SSSR count). The highest BCUT2D eigenvalue weighted by Gasteiger charge is 2.72. The van der Waals surface area contributed by atoms with Gasteiger partial charge in [0.15, 0.2) is 0 Å². The van der Waals surface area contributed by atoms with Gasteiger partial charge in [0, 0.05) is 0 Å². The van der Waals surface area contributed by atoms with Gasteiger partial charge in [-0.1, -0.05) is 53.2 Å². The molecule has 4 saturated carbocycles. The van der Waals surface area contributed by atoms with Crippen LogP contribution in [0.4, 0.5) is 0 Å². The van der Waals surface area contributed by atoms with Crippen LogP contribution in [0.3, 0.4) is 0 Å². The molecule has 0 aromatic carbocycles. The minimum Gasteiger partial charge on any atom is -0.481 e. The molecule has 0 aromatic heterocycles. The molecule has 0 heterocycles. The molecule has 0 aromatic rings. The molecular weight excluding hydrogens is 456 g/mol. The fourth-order valence-electron chi connectivity index (χ4n) is 10.7. The second-order valence-electron chi connectivity index (χ2n) is 15.0. The van der Waals surface area contributed by atoms with Crippen molar-refractivity contribution in [1.82, 2.24) is 0 Å². The van der Waals surface area contributed by atoms with Crippen molar-refractivity contribution < 1.29 is 30.0 Å². The average Bonchev–Trinajstić information content (AvgIpc) is 2.77. The van der Waals surface area contributed by atoms with Gasteiger partial charge in [0.1, 0.15) is 11.7 Å². The van der Waals surface area contributed by atoms with Gasteiger partial charge in [-0.25, -0.2) is 0 Å². The number of carbonyl (C=O) groups is 2. The quantitative estimate of drug-likeness (QED) is 0.330. The van der Waals surface area contributed by atoms with Gasteiger partial charge in [-0.2, -0.15) is 0 Å². The van der Waals surface area contributed by atoms with E-state index in [1.807, 2.05) is 0 Å². The van der Waals surface area contributed by atoms with Crippen LogP contribution in [0.5, 0.6) is 0 Å². The van der Waals surface area contributed by atoms with Crippen molar-refractivity contribution in [2.75, 3.05) is 0 Å². The molecule has 5 aliphatic carbocycles. The van der Waals surface area contributed by atoms with Gasteiger partial charge in [0.05, 0.1) is 23.7 Å². The number of aliphatic hydroxyl groups is 3. The van der Waals surface area contributed by atoms with Gasteiger partial charge in [-0.3, -0.25) is 4.79 Å². The first-order valence-corrected chi connectivity index (χ1v) is 14.0. The Morgan fingerprint density at radius 2 is 1.61 bits per heavy atom. The Kier molecular flexibility index (Phi) is 5.61. The molecule has 5 aliphatic rings. The Morgan fingerprint density at radius 1 is 0.944 bits per heavy atom. The van der Waals surface area contributed by atoms with Gasteiger partial charge in [-0.05, 0) is 90.8 Å². The Labute approximate surface area is 215 Å². The van der Waals surface area contributed by atoms with Gasteiger partial charge >= 0.3 is 5.97 Å². The summed E-state index contributed by atoms with van der Waals surface area (Å²) < 4.78 is 0. The maximum absolute atomic E-state index is 12.8. The van der Waals surface area contributed by atoms with Crippen LogP contribution in [-0.4, -0.2) is 51.0 Å². The SMILES string of the molecule is CC1(C)CC[C@@]2(C(=O)O)C(C1)C1=CCC3[C@@]4(C)C[C@H](O)[C@H](O)[C@@](C)(C=O)C4CC[C@@]3(C)[C@]1(C)C[C@H]2O. The molecule has 0 amide bonds. The number of aliphatic hydroxyl groups excluding tert-OH is 3. The van der Waals surface area contributed by atoms with E-state index in [9.17, 15) is 30.0 Å². The summed E-state index contributed by atoms with van der Waals surface area (Å²) in [5.74, 6) is -0.958. The van der Waals surface area contributed by atoms with Crippen molar-refractivity contribution in [2.24, 2.45) is 50.2 Å². The van der Waals surface area contributed by atoms with Crippen molar-refractivity contribution in [1.29, 1.82) is 0 Å². The fraction of sp³-hybridized carbons (Fsp3) is 0.867. The van der Waals surface area contributed by atoms with Crippen LogP contribution in [-0.2, 0) is 9.59 Å². The summed E-state index contributed by atoms with van der Waals surface area (Å²) in [5.41, 5.74) is -1.86. The van der Waals surface area contributed by atoms with E-state index in [2.05, 4.69) is 40.7 Å². The zero-order chi connectivity index (χ0) is 26.7. The number of carbonyl (C=O) groups excluding carboxylic acids is 1. The molecule has 36 heavy (non-hydrogen) atoms. The number of rotatable bonds is 2. The maximum Gasteiger partial charge on any atom is 0.312 e. The molecule has 4 N–H and O–H groups in total. The highest BCUT2D eigenvalue weighted by Crippen LogP contribution is 2.75. The van der Waals surface area contributed by atoms with E-state index in [0.29, 0.717) is 19.3 Å². The first-order chi connectivity index (χ1) is 16.5. The minimum absolute atomic E-state index is 0.0131. The molecule has 4 fully saturated rings. The van der Waals surface area contributed by atoms with Crippen LogP contribution >= 0.6 is 0 Å². The van der Waals surface area contributed by atoms with Crippen molar-refractivity contribution in [2.45, 2.75) is 111 Å². The minimum atomic E-state index is -1.13. The highest BCUT2D eigenvalue weighted by molar-refractivity contribution is 5.77. The average molecular weight is 503 g/mol. The summed E-state index contributed by atoms with van der Waals surface area (Å²) in [6.45, 7) is 13.0. The topological polar surface area (TPSA) is 115 Å². The van der Waals surface area contributed by atoms with Gasteiger partial charge in [0.2, 0.25) is 0 Å². The third kappa shape index (κ3) is 2.95. The summed E-state index contributed by atoms with van der Waals surface area (Å²) >= 11 is 0. The van der Waals surface area contributed by atoms with Crippen LogP contribution in [0.2, 0.25) is 0 Å². The van der Waals surface area contributed by atoms with Crippen molar-refractivity contribution in [3.63, 3.8) is 0 Å². The molecule has 0 radical (unpaired) electrons. The van der Waals surface area contributed by atoms with Crippen LogP contribution in [0.25, 0.3) is 0 Å². The molecule has 3 unspecified atom stereocenters. The predicted octanol–water partition coefficient (Wildman–Crippen LogP) is 4.35. The van der Waals surface area contributed by atoms with E-state index in [0.717, 1.165) is 38.4 Å². The van der Waals surface area contributed by atoms with Crippen LogP contribution < -0.4 is 0 Å². The highest BCUT2D eigenvalue weighted by atomic mass is 16.4. The molecule has 0 saturated heterocycles. The smallest absolute Gasteiger partial charge is 0.312 e. The van der Waals surface area contributed by atoms with Crippen LogP contribution in [0, 0.1) is 50.2 Å². The summed E-state index contributed by atoms with van der Waals surface area (Å²) in [5, 5.41) is 44.0. The number of allylic oxidation sites excluding steroid dienone is 2. The molecule has 0 bridgehead atoms. The molecule has 6 heteroatoms. The summed E-state index contributed by atoms with van der Waals surface area (Å²) in [4.78, 5) is 25.2. The van der Waals surface area contributed by atoms with E-state index < -0.39 is 35.1 Å². The van der Waals surface area contributed by atoms with Gasteiger partial charge < -0.3 is 25.2 Å². The molecule has 0 spiro atoms. The van der Waals surface area contributed by atoms with Gasteiger partial charge in [0.25, 0.3) is 0 Å². The number of carboxylic acid groups (broad SMARTS) is 1. The number of aliphatic carboxylic acids is 1. The maximum atomic E-state index is 12.8. The Hall–Kier alpha value is -1.24. The Morgan fingerprint density at radius 3 is 2.22 bits per heavy atom. The van der Waals surface area contributed by atoms with E-state index in [4.69, 9.17) is 0 Å². The van der Waals surface area contributed by atoms with Gasteiger partial charge in [-0.15, -0.1) is 0 Å². The van der Waals surface area contributed by atoms with E-state index in [1.54, 1.807) is 6.92 Å². The standard InChI is InChI=1S/C30H46O6/c1-25(2)11-12-30(24(35)36)18(13-25)17-7-8-21-26(3)14-19(32)23(34)27(4,16-31)20(26)9-10-28(21,5)29(17,6)15-22(30)33/h7,16,18-23,32-34H,8-15H2,1-6H3,(H,35,36)/t18?,19-,20?,21?,22+,23-,26-,27-,28+,29+,30+/m0/s1. The van der Waals surface area contributed by atoms with Crippen LogP contribution in [0.1, 0.15) is 92.9 Å². The Bertz CT molecular complexity index is 1000. The lowest BCUT2D eigenvalue weighted by molar-refractivity contribution is -0.235. The normalized spacial score (nSPS) is 55.8. The largest absolute Gasteiger partial charge is 0.481 e. The zero-order valence-corrected chi connectivity index (χ0v) is 22.9. The third-order valence-electron chi connectivity index (χ3n) is 13.0. The lowest BCUT2D eigenvalue weighted by atomic mass is 9.33. The number of aldehydes is 1. The van der Waals surface area contributed by atoms with Crippen LogP contribution in [0.15, 0.2) is 11.6 Å². The molecule has 202 valence electrons. The Balaban J connectivity index is 1.64. The number of hydrogen-bond donors (Lipinski definition) is 4. The fourth-order valence-corrected chi connectivity index (χ4v) is 10.7. The summed E-state index contributed by atoms with van der Waals surface area (Å²) in [7, 11) is 0. The summed E-state index contributed by atoms with van der Waals surface area (Å²) in [6.07, 6.45) is 5.52. The lowest BCUT2D eigenvalue weighted by Crippen LogP contribution is -2.69. The molecule has 11 atom stereocenters. The van der Waals surface area contributed by atoms with Crippen molar-refractivity contribution in [3.05, 3.63) is 11.6 Å². The molecule has 6 nitrogen and oxygen atoms in total. The second kappa shape index (κ2) is 7.66. The lowest BCUT2D eigenvalue weighted by Gasteiger charge is -2.71.